The molecule has 4 N–H and O–H groups in total. The van der Waals surface area contributed by atoms with Crippen LogP contribution in [0.3, 0.4) is 0 Å². The van der Waals surface area contributed by atoms with Crippen molar-refractivity contribution in [1.29, 1.82) is 0 Å². The van der Waals surface area contributed by atoms with Crippen LogP contribution < -0.4 is 5.73 Å². The van der Waals surface area contributed by atoms with E-state index in [1.54, 1.807) is 0 Å². The third-order valence-corrected chi connectivity index (χ3v) is 5.63. The van der Waals surface area contributed by atoms with Gasteiger partial charge in [0.05, 0.1) is 12.1 Å². The number of phenolic OH excluding ortho intramolecular Hbond substituents is 1. The van der Waals surface area contributed by atoms with Gasteiger partial charge in [-0.15, -0.1) is 12.4 Å². The lowest BCUT2D eigenvalue weighted by Gasteiger charge is -2.33. The van der Waals surface area contributed by atoms with Gasteiger partial charge in [-0.05, 0) is 58.4 Å². The van der Waals surface area contributed by atoms with Crippen molar-refractivity contribution in [3.05, 3.63) is 28.8 Å². The van der Waals surface area contributed by atoms with E-state index >= 15 is 0 Å². The van der Waals surface area contributed by atoms with Crippen molar-refractivity contribution >= 4 is 12.4 Å². The SMILES string of the molecule is CC(C)(C)c1cc([C@H](N)[C@H](O)C2CCCCC2)cc(C(C)(C)C)c1O.Cl. The number of hydrogen-bond acceptors (Lipinski definition) is 3. The highest BCUT2D eigenvalue weighted by atomic mass is 35.5. The maximum Gasteiger partial charge on any atom is 0.123 e. The van der Waals surface area contributed by atoms with Gasteiger partial charge in [-0.3, -0.25) is 0 Å². The minimum absolute atomic E-state index is 0. The quantitative estimate of drug-likeness (QED) is 0.659. The Morgan fingerprint density at radius 3 is 1.73 bits per heavy atom. The van der Waals surface area contributed by atoms with Gasteiger partial charge in [-0.1, -0.05) is 60.8 Å². The van der Waals surface area contributed by atoms with Crippen LogP contribution in [0.5, 0.6) is 5.75 Å². The Labute approximate surface area is 165 Å². The van der Waals surface area contributed by atoms with Crippen LogP contribution in [0, 0.1) is 5.92 Å². The number of nitrogens with two attached hydrogens (primary N) is 1. The Morgan fingerprint density at radius 1 is 0.923 bits per heavy atom. The molecule has 0 saturated heterocycles. The summed E-state index contributed by atoms with van der Waals surface area (Å²) in [5.74, 6) is 0.650. The second-order valence-corrected chi connectivity index (χ2v) is 9.88. The average molecular weight is 384 g/mol. The van der Waals surface area contributed by atoms with Gasteiger partial charge < -0.3 is 15.9 Å². The lowest BCUT2D eigenvalue weighted by molar-refractivity contribution is 0.0617. The predicted molar refractivity (Wildman–Crippen MR) is 112 cm³/mol. The molecule has 0 radical (unpaired) electrons. The van der Waals surface area contributed by atoms with Gasteiger partial charge in [0.25, 0.3) is 0 Å². The molecule has 2 atom stereocenters. The topological polar surface area (TPSA) is 66.5 Å². The van der Waals surface area contributed by atoms with E-state index in [1.165, 1.54) is 19.3 Å². The fraction of sp³-hybridized carbons (Fsp3) is 0.727. The maximum absolute atomic E-state index is 10.9. The molecule has 1 aliphatic rings. The van der Waals surface area contributed by atoms with E-state index < -0.39 is 12.1 Å². The van der Waals surface area contributed by atoms with Gasteiger partial charge in [-0.25, -0.2) is 0 Å². The van der Waals surface area contributed by atoms with Gasteiger partial charge in [-0.2, -0.15) is 0 Å². The largest absolute Gasteiger partial charge is 0.507 e. The molecule has 1 aromatic carbocycles. The highest BCUT2D eigenvalue weighted by Gasteiger charge is 2.31. The van der Waals surface area contributed by atoms with E-state index in [9.17, 15) is 10.2 Å². The molecule has 1 fully saturated rings. The number of aliphatic hydroxyl groups is 1. The first-order valence-corrected chi connectivity index (χ1v) is 9.74. The molecule has 1 aromatic rings. The zero-order valence-corrected chi connectivity index (χ0v) is 18.1. The Bertz CT molecular complexity index is 560. The number of aliphatic hydroxyl groups excluding tert-OH is 1. The number of benzene rings is 1. The summed E-state index contributed by atoms with van der Waals surface area (Å²) in [5, 5.41) is 21.7. The van der Waals surface area contributed by atoms with Gasteiger partial charge >= 0.3 is 0 Å². The summed E-state index contributed by atoms with van der Waals surface area (Å²) >= 11 is 0. The second kappa shape index (κ2) is 8.50. The molecular formula is C22H38ClNO2. The van der Waals surface area contributed by atoms with Crippen LogP contribution in [0.1, 0.15) is 96.4 Å². The van der Waals surface area contributed by atoms with E-state index in [4.69, 9.17) is 5.73 Å². The van der Waals surface area contributed by atoms with E-state index in [0.29, 0.717) is 5.75 Å². The van der Waals surface area contributed by atoms with E-state index in [1.807, 2.05) is 12.1 Å². The smallest absolute Gasteiger partial charge is 0.123 e. The van der Waals surface area contributed by atoms with Crippen molar-refractivity contribution in [1.82, 2.24) is 0 Å². The molecule has 1 saturated carbocycles. The van der Waals surface area contributed by atoms with Gasteiger partial charge in [0, 0.05) is 0 Å². The summed E-state index contributed by atoms with van der Waals surface area (Å²) < 4.78 is 0. The highest BCUT2D eigenvalue weighted by Crippen LogP contribution is 2.41. The van der Waals surface area contributed by atoms with Crippen molar-refractivity contribution in [3.8, 4) is 5.75 Å². The Hall–Kier alpha value is -0.770. The maximum atomic E-state index is 10.9. The van der Waals surface area contributed by atoms with Crippen LogP contribution in [0.25, 0.3) is 0 Å². The third kappa shape index (κ3) is 5.15. The molecule has 2 rings (SSSR count). The van der Waals surface area contributed by atoms with Crippen LogP contribution in [-0.2, 0) is 10.8 Å². The monoisotopic (exact) mass is 383 g/mol. The molecule has 26 heavy (non-hydrogen) atoms. The summed E-state index contributed by atoms with van der Waals surface area (Å²) in [4.78, 5) is 0. The fourth-order valence-electron chi connectivity index (χ4n) is 3.96. The van der Waals surface area contributed by atoms with Gasteiger partial charge in [0.2, 0.25) is 0 Å². The standard InChI is InChI=1S/C22H37NO2.ClH/c1-21(2,3)16-12-15(13-17(20(16)25)22(4,5)6)18(23)19(24)14-10-8-7-9-11-14;/h12-14,18-19,24-25H,7-11,23H2,1-6H3;1H/t18-,19+;/m0./s1. The van der Waals surface area contributed by atoms with E-state index in [2.05, 4.69) is 41.5 Å². The summed E-state index contributed by atoms with van der Waals surface area (Å²) in [6.07, 6.45) is 5.23. The van der Waals surface area contributed by atoms with E-state index in [0.717, 1.165) is 29.5 Å². The molecule has 4 heteroatoms. The van der Waals surface area contributed by atoms with Crippen molar-refractivity contribution in [2.24, 2.45) is 11.7 Å². The average Bonchev–Trinajstić information content (AvgIpc) is 2.52. The molecule has 0 aromatic heterocycles. The normalized spacial score (nSPS) is 18.9. The first-order chi connectivity index (χ1) is 11.4. The fourth-order valence-corrected chi connectivity index (χ4v) is 3.96. The second-order valence-electron chi connectivity index (χ2n) is 9.88. The molecule has 0 bridgehead atoms. The Balaban J connectivity index is 0.00000338. The lowest BCUT2D eigenvalue weighted by Crippen LogP contribution is -2.34. The number of phenols is 1. The minimum Gasteiger partial charge on any atom is -0.507 e. The van der Waals surface area contributed by atoms with Crippen molar-refractivity contribution in [2.45, 2.75) is 96.6 Å². The number of aromatic hydroxyl groups is 1. The molecule has 3 nitrogen and oxygen atoms in total. The Kier molecular flexibility index (Phi) is 7.60. The predicted octanol–water partition coefficient (Wildman–Crippen LogP) is 5.35. The van der Waals surface area contributed by atoms with Crippen LogP contribution in [0.2, 0.25) is 0 Å². The summed E-state index contributed by atoms with van der Waals surface area (Å²) in [6.45, 7) is 12.6. The molecule has 0 spiro atoms. The van der Waals surface area contributed by atoms with Crippen molar-refractivity contribution in [2.75, 3.05) is 0 Å². The van der Waals surface area contributed by atoms with Gasteiger partial charge in [0.1, 0.15) is 5.75 Å². The van der Waals surface area contributed by atoms with Crippen LogP contribution in [-0.4, -0.2) is 16.3 Å². The van der Waals surface area contributed by atoms with Crippen LogP contribution in [0.4, 0.5) is 0 Å². The van der Waals surface area contributed by atoms with Crippen molar-refractivity contribution in [3.63, 3.8) is 0 Å². The van der Waals surface area contributed by atoms with Crippen LogP contribution >= 0.6 is 12.4 Å². The summed E-state index contributed by atoms with van der Waals surface area (Å²) in [5.41, 5.74) is 8.89. The van der Waals surface area contributed by atoms with E-state index in [-0.39, 0.29) is 29.2 Å². The molecule has 150 valence electrons. The first kappa shape index (κ1) is 23.3. The highest BCUT2D eigenvalue weighted by molar-refractivity contribution is 5.85. The zero-order valence-electron chi connectivity index (χ0n) is 17.3. The lowest BCUT2D eigenvalue weighted by atomic mass is 9.76. The first-order valence-electron chi connectivity index (χ1n) is 9.74. The molecular weight excluding hydrogens is 346 g/mol. The minimum atomic E-state index is -0.523. The summed E-state index contributed by atoms with van der Waals surface area (Å²) in [6, 6.07) is 3.59. The molecule has 0 heterocycles. The third-order valence-electron chi connectivity index (χ3n) is 5.63. The molecule has 1 aliphatic carbocycles. The number of halogens is 1. The number of hydrogen-bond donors (Lipinski definition) is 3. The van der Waals surface area contributed by atoms with Gasteiger partial charge in [0.15, 0.2) is 0 Å². The van der Waals surface area contributed by atoms with Crippen LogP contribution in [0.15, 0.2) is 12.1 Å². The Morgan fingerprint density at radius 2 is 1.35 bits per heavy atom. The zero-order chi connectivity index (χ0) is 19.0. The molecule has 0 unspecified atom stereocenters. The molecule has 0 aliphatic heterocycles. The molecule has 0 amide bonds. The summed E-state index contributed by atoms with van der Waals surface area (Å²) in [7, 11) is 0. The number of rotatable bonds is 3. The van der Waals surface area contributed by atoms with Crippen molar-refractivity contribution < 1.29 is 10.2 Å².